The predicted octanol–water partition coefficient (Wildman–Crippen LogP) is 0.790. The molecule has 24 heavy (non-hydrogen) atoms. The lowest BCUT2D eigenvalue weighted by molar-refractivity contribution is -0.126. The molecule has 6 nitrogen and oxygen atoms in total. The lowest BCUT2D eigenvalue weighted by Gasteiger charge is -2.18. The summed E-state index contributed by atoms with van der Waals surface area (Å²) >= 11 is 0. The van der Waals surface area contributed by atoms with Gasteiger partial charge in [-0.1, -0.05) is 6.07 Å². The van der Waals surface area contributed by atoms with Gasteiger partial charge >= 0.3 is 0 Å². The van der Waals surface area contributed by atoms with E-state index in [1.54, 1.807) is 19.1 Å². The van der Waals surface area contributed by atoms with E-state index in [4.69, 9.17) is 0 Å². The van der Waals surface area contributed by atoms with Crippen LogP contribution in [0.2, 0.25) is 0 Å². The highest BCUT2D eigenvalue weighted by molar-refractivity contribution is 7.91. The number of anilines is 1. The Morgan fingerprint density at radius 2 is 2.12 bits per heavy atom. The maximum atomic E-state index is 13.7. The number of aryl methyl sites for hydroxylation is 1. The summed E-state index contributed by atoms with van der Waals surface area (Å²) in [5, 5.41) is 2.72. The van der Waals surface area contributed by atoms with Crippen LogP contribution in [-0.2, 0) is 19.4 Å². The van der Waals surface area contributed by atoms with Gasteiger partial charge in [0.15, 0.2) is 9.84 Å². The van der Waals surface area contributed by atoms with Crippen molar-refractivity contribution in [2.45, 2.75) is 25.8 Å². The number of rotatable bonds is 3. The zero-order valence-electron chi connectivity index (χ0n) is 13.3. The molecule has 2 atom stereocenters. The number of nitrogens with zero attached hydrogens (tertiary/aromatic N) is 1. The minimum Gasteiger partial charge on any atom is -0.352 e. The molecule has 3 rings (SSSR count). The molecule has 0 aliphatic carbocycles. The Hall–Kier alpha value is -1.96. The van der Waals surface area contributed by atoms with Crippen LogP contribution in [0, 0.1) is 18.7 Å². The molecule has 1 aromatic carbocycles. The Kier molecular flexibility index (Phi) is 4.33. The summed E-state index contributed by atoms with van der Waals surface area (Å²) in [4.78, 5) is 25.9. The lowest BCUT2D eigenvalue weighted by atomic mass is 10.1. The zero-order chi connectivity index (χ0) is 17.5. The van der Waals surface area contributed by atoms with Gasteiger partial charge < -0.3 is 10.2 Å². The monoisotopic (exact) mass is 354 g/mol. The lowest BCUT2D eigenvalue weighted by Crippen LogP contribution is -2.40. The van der Waals surface area contributed by atoms with Crippen LogP contribution in [0.25, 0.3) is 0 Å². The van der Waals surface area contributed by atoms with Crippen molar-refractivity contribution in [1.29, 1.82) is 0 Å². The van der Waals surface area contributed by atoms with E-state index < -0.39 is 21.6 Å². The van der Waals surface area contributed by atoms with Gasteiger partial charge in [-0.25, -0.2) is 12.8 Å². The predicted molar refractivity (Wildman–Crippen MR) is 86.8 cm³/mol. The van der Waals surface area contributed by atoms with Crippen molar-refractivity contribution in [1.82, 2.24) is 5.32 Å². The van der Waals surface area contributed by atoms with Crippen LogP contribution >= 0.6 is 0 Å². The molecule has 2 unspecified atom stereocenters. The Labute approximate surface area is 139 Å². The van der Waals surface area contributed by atoms with E-state index in [0.717, 1.165) is 0 Å². The molecular weight excluding hydrogens is 335 g/mol. The van der Waals surface area contributed by atoms with E-state index in [2.05, 4.69) is 5.32 Å². The Morgan fingerprint density at radius 1 is 1.38 bits per heavy atom. The van der Waals surface area contributed by atoms with Gasteiger partial charge in [-0.05, 0) is 31.0 Å². The third-order valence-corrected chi connectivity index (χ3v) is 6.31. The standard InChI is InChI=1S/C16H19FN2O4S/c1-10-2-3-13(7-14(10)17)19-8-11(6-15(19)20)16(21)18-12-4-5-24(22,23)9-12/h2-3,7,11-12H,4-6,8-9H2,1H3,(H,18,21). The third-order valence-electron chi connectivity index (χ3n) is 4.54. The summed E-state index contributed by atoms with van der Waals surface area (Å²) in [6.45, 7) is 1.81. The quantitative estimate of drug-likeness (QED) is 0.870. The van der Waals surface area contributed by atoms with Crippen LogP contribution in [0.1, 0.15) is 18.4 Å². The largest absolute Gasteiger partial charge is 0.352 e. The van der Waals surface area contributed by atoms with Gasteiger partial charge in [-0.3, -0.25) is 9.59 Å². The highest BCUT2D eigenvalue weighted by Gasteiger charge is 2.37. The van der Waals surface area contributed by atoms with Crippen molar-refractivity contribution in [3.63, 3.8) is 0 Å². The number of carbonyl (C=O) groups excluding carboxylic acids is 2. The average Bonchev–Trinajstić information content (AvgIpc) is 3.05. The molecule has 1 N–H and O–H groups in total. The first-order valence-corrected chi connectivity index (χ1v) is 9.64. The van der Waals surface area contributed by atoms with Crippen LogP contribution in [-0.4, -0.2) is 44.3 Å². The minimum atomic E-state index is -3.07. The Balaban J connectivity index is 1.66. The molecule has 1 aromatic rings. The number of hydrogen-bond acceptors (Lipinski definition) is 4. The van der Waals surface area contributed by atoms with E-state index in [1.807, 2.05) is 0 Å². The molecule has 2 amide bonds. The molecule has 8 heteroatoms. The number of hydrogen-bond donors (Lipinski definition) is 1. The van der Waals surface area contributed by atoms with Crippen molar-refractivity contribution in [3.05, 3.63) is 29.6 Å². The van der Waals surface area contributed by atoms with Gasteiger partial charge in [0, 0.05) is 24.7 Å². The van der Waals surface area contributed by atoms with Crippen LogP contribution in [0.3, 0.4) is 0 Å². The Morgan fingerprint density at radius 3 is 2.75 bits per heavy atom. The average molecular weight is 354 g/mol. The summed E-state index contributed by atoms with van der Waals surface area (Å²) in [6.07, 6.45) is 0.447. The van der Waals surface area contributed by atoms with E-state index in [0.29, 0.717) is 17.7 Å². The van der Waals surface area contributed by atoms with Crippen LogP contribution in [0.15, 0.2) is 18.2 Å². The van der Waals surface area contributed by atoms with Gasteiger partial charge in [-0.2, -0.15) is 0 Å². The summed E-state index contributed by atoms with van der Waals surface area (Å²) in [5.41, 5.74) is 0.920. The van der Waals surface area contributed by atoms with Crippen LogP contribution in [0.5, 0.6) is 0 Å². The number of nitrogens with one attached hydrogen (secondary N) is 1. The topological polar surface area (TPSA) is 83.6 Å². The molecule has 0 bridgehead atoms. The fraction of sp³-hybridized carbons (Fsp3) is 0.500. The molecular formula is C16H19FN2O4S. The zero-order valence-corrected chi connectivity index (χ0v) is 14.1. The molecule has 0 spiro atoms. The molecule has 2 aliphatic rings. The molecule has 0 saturated carbocycles. The normalized spacial score (nSPS) is 25.9. The van der Waals surface area contributed by atoms with Crippen molar-refractivity contribution >= 4 is 27.3 Å². The highest BCUT2D eigenvalue weighted by Crippen LogP contribution is 2.27. The van der Waals surface area contributed by atoms with Gasteiger partial charge in [0.1, 0.15) is 5.82 Å². The Bertz CT molecular complexity index is 793. The van der Waals surface area contributed by atoms with Crippen molar-refractivity contribution in [2.24, 2.45) is 5.92 Å². The van der Waals surface area contributed by atoms with Gasteiger partial charge in [0.05, 0.1) is 17.4 Å². The molecule has 2 saturated heterocycles. The molecule has 2 aliphatic heterocycles. The van der Waals surface area contributed by atoms with Gasteiger partial charge in [0.2, 0.25) is 11.8 Å². The van der Waals surface area contributed by atoms with Crippen LogP contribution in [0.4, 0.5) is 10.1 Å². The maximum Gasteiger partial charge on any atom is 0.227 e. The fourth-order valence-electron chi connectivity index (χ4n) is 3.11. The molecule has 130 valence electrons. The minimum absolute atomic E-state index is 0.0425. The van der Waals surface area contributed by atoms with Crippen molar-refractivity contribution in [2.75, 3.05) is 23.0 Å². The third kappa shape index (κ3) is 3.43. The van der Waals surface area contributed by atoms with Crippen LogP contribution < -0.4 is 10.2 Å². The highest BCUT2D eigenvalue weighted by atomic mass is 32.2. The summed E-state index contributed by atoms with van der Waals surface area (Å²) in [7, 11) is -3.07. The first kappa shape index (κ1) is 16.9. The smallest absolute Gasteiger partial charge is 0.227 e. The van der Waals surface area contributed by atoms with E-state index in [1.165, 1.54) is 11.0 Å². The molecule has 0 radical (unpaired) electrons. The maximum absolute atomic E-state index is 13.7. The first-order chi connectivity index (χ1) is 11.2. The molecule has 2 heterocycles. The second-order valence-electron chi connectivity index (χ2n) is 6.45. The number of amides is 2. The van der Waals surface area contributed by atoms with E-state index >= 15 is 0 Å². The summed E-state index contributed by atoms with van der Waals surface area (Å²) in [6, 6.07) is 4.15. The SMILES string of the molecule is Cc1ccc(N2CC(C(=O)NC3CCS(=O)(=O)C3)CC2=O)cc1F. The molecule has 0 aromatic heterocycles. The van der Waals surface area contributed by atoms with Gasteiger partial charge in [-0.15, -0.1) is 0 Å². The first-order valence-electron chi connectivity index (χ1n) is 7.82. The number of carbonyl (C=O) groups is 2. The fourth-order valence-corrected chi connectivity index (χ4v) is 4.78. The van der Waals surface area contributed by atoms with E-state index in [-0.39, 0.29) is 42.3 Å². The molecule has 2 fully saturated rings. The van der Waals surface area contributed by atoms with Crippen molar-refractivity contribution < 1.29 is 22.4 Å². The van der Waals surface area contributed by atoms with Gasteiger partial charge in [0.25, 0.3) is 0 Å². The van der Waals surface area contributed by atoms with Crippen molar-refractivity contribution in [3.8, 4) is 0 Å². The number of benzene rings is 1. The number of sulfone groups is 1. The number of halogens is 1. The summed E-state index contributed by atoms with van der Waals surface area (Å²) < 4.78 is 36.6. The second-order valence-corrected chi connectivity index (χ2v) is 8.68. The summed E-state index contributed by atoms with van der Waals surface area (Å²) in [5.74, 6) is -1.48. The second kappa shape index (κ2) is 6.16. The van der Waals surface area contributed by atoms with E-state index in [9.17, 15) is 22.4 Å².